The predicted molar refractivity (Wildman–Crippen MR) is 88.3 cm³/mol. The SMILES string of the molecule is CCC1(C)CCN(C(=O)CCOCCCC(C)(C)C)CC1. The largest absolute Gasteiger partial charge is 0.381 e. The molecule has 3 nitrogen and oxygen atoms in total. The van der Waals surface area contributed by atoms with Gasteiger partial charge in [0.15, 0.2) is 0 Å². The highest BCUT2D eigenvalue weighted by atomic mass is 16.5. The molecular formula is C18H35NO2. The summed E-state index contributed by atoms with van der Waals surface area (Å²) < 4.78 is 5.61. The normalized spacial score (nSPS) is 18.8. The van der Waals surface area contributed by atoms with E-state index < -0.39 is 0 Å². The van der Waals surface area contributed by atoms with Gasteiger partial charge in [0.2, 0.25) is 5.91 Å². The van der Waals surface area contributed by atoms with E-state index in [1.165, 1.54) is 12.8 Å². The number of nitrogens with zero attached hydrogens (tertiary/aromatic N) is 1. The minimum Gasteiger partial charge on any atom is -0.381 e. The molecular weight excluding hydrogens is 262 g/mol. The number of ether oxygens (including phenoxy) is 1. The molecule has 1 saturated heterocycles. The van der Waals surface area contributed by atoms with E-state index in [1.54, 1.807) is 0 Å². The maximum absolute atomic E-state index is 12.1. The Labute approximate surface area is 131 Å². The maximum Gasteiger partial charge on any atom is 0.224 e. The minimum absolute atomic E-state index is 0.268. The molecule has 1 amide bonds. The minimum atomic E-state index is 0.268. The molecule has 124 valence electrons. The fourth-order valence-corrected chi connectivity index (χ4v) is 2.77. The van der Waals surface area contributed by atoms with Crippen LogP contribution in [0.15, 0.2) is 0 Å². The van der Waals surface area contributed by atoms with Crippen LogP contribution in [0.4, 0.5) is 0 Å². The molecule has 0 spiro atoms. The van der Waals surface area contributed by atoms with E-state index in [2.05, 4.69) is 34.6 Å². The van der Waals surface area contributed by atoms with Crippen LogP contribution in [0.2, 0.25) is 0 Å². The lowest BCUT2D eigenvalue weighted by Gasteiger charge is -2.39. The van der Waals surface area contributed by atoms with Crippen LogP contribution in [0.1, 0.15) is 73.1 Å². The summed E-state index contributed by atoms with van der Waals surface area (Å²) in [5, 5.41) is 0. The van der Waals surface area contributed by atoms with Gasteiger partial charge in [0.25, 0.3) is 0 Å². The number of carbonyl (C=O) groups excluding carboxylic acids is 1. The van der Waals surface area contributed by atoms with Gasteiger partial charge in [0, 0.05) is 19.7 Å². The van der Waals surface area contributed by atoms with Crippen molar-refractivity contribution in [2.75, 3.05) is 26.3 Å². The van der Waals surface area contributed by atoms with Crippen molar-refractivity contribution in [1.82, 2.24) is 4.90 Å². The maximum atomic E-state index is 12.1. The second kappa shape index (κ2) is 8.17. The van der Waals surface area contributed by atoms with E-state index in [1.807, 2.05) is 4.90 Å². The molecule has 3 heteroatoms. The molecule has 0 N–H and O–H groups in total. The number of piperidine rings is 1. The zero-order valence-corrected chi connectivity index (χ0v) is 14.8. The van der Waals surface area contributed by atoms with E-state index in [0.717, 1.165) is 39.0 Å². The zero-order valence-electron chi connectivity index (χ0n) is 14.8. The van der Waals surface area contributed by atoms with Gasteiger partial charge in [0.1, 0.15) is 0 Å². The molecule has 1 fully saturated rings. The summed E-state index contributed by atoms with van der Waals surface area (Å²) in [5.41, 5.74) is 0.819. The van der Waals surface area contributed by atoms with E-state index >= 15 is 0 Å². The Morgan fingerprint density at radius 1 is 1.19 bits per heavy atom. The number of carbonyl (C=O) groups is 1. The van der Waals surface area contributed by atoms with Gasteiger partial charge in [-0.3, -0.25) is 4.79 Å². The number of likely N-dealkylation sites (tertiary alicyclic amines) is 1. The van der Waals surface area contributed by atoms with Crippen LogP contribution >= 0.6 is 0 Å². The van der Waals surface area contributed by atoms with Gasteiger partial charge < -0.3 is 9.64 Å². The third-order valence-corrected chi connectivity index (χ3v) is 4.85. The molecule has 0 unspecified atom stereocenters. The van der Waals surface area contributed by atoms with Crippen LogP contribution in [0.25, 0.3) is 0 Å². The molecule has 0 aromatic heterocycles. The third-order valence-electron chi connectivity index (χ3n) is 4.85. The van der Waals surface area contributed by atoms with Gasteiger partial charge in [0.05, 0.1) is 13.0 Å². The van der Waals surface area contributed by atoms with E-state index in [-0.39, 0.29) is 5.91 Å². The molecule has 1 rings (SSSR count). The summed E-state index contributed by atoms with van der Waals surface area (Å²) >= 11 is 0. The van der Waals surface area contributed by atoms with Crippen molar-refractivity contribution >= 4 is 5.91 Å². The monoisotopic (exact) mass is 297 g/mol. The Kier molecular flexibility index (Phi) is 7.19. The summed E-state index contributed by atoms with van der Waals surface area (Å²) in [7, 11) is 0. The number of hydrogen-bond donors (Lipinski definition) is 0. The molecule has 0 aromatic carbocycles. The summed E-state index contributed by atoms with van der Waals surface area (Å²) in [6.07, 6.45) is 6.28. The van der Waals surface area contributed by atoms with Gasteiger partial charge in [-0.25, -0.2) is 0 Å². The standard InChI is InChI=1S/C18H35NO2/c1-6-18(5)10-12-19(13-11-18)16(20)8-15-21-14-7-9-17(2,3)4/h6-15H2,1-5H3. The topological polar surface area (TPSA) is 29.5 Å². The summed E-state index contributed by atoms with van der Waals surface area (Å²) in [6, 6.07) is 0. The highest BCUT2D eigenvalue weighted by Gasteiger charge is 2.29. The van der Waals surface area contributed by atoms with Gasteiger partial charge in [-0.1, -0.05) is 41.0 Å². The van der Waals surface area contributed by atoms with Crippen molar-refractivity contribution in [3.63, 3.8) is 0 Å². The van der Waals surface area contributed by atoms with Crippen molar-refractivity contribution in [2.45, 2.75) is 73.1 Å². The molecule has 0 aromatic rings. The second-order valence-electron chi connectivity index (χ2n) is 8.07. The lowest BCUT2D eigenvalue weighted by Crippen LogP contribution is -2.42. The molecule has 0 radical (unpaired) electrons. The molecule has 0 atom stereocenters. The van der Waals surface area contributed by atoms with Crippen LogP contribution < -0.4 is 0 Å². The van der Waals surface area contributed by atoms with Crippen LogP contribution in [0.3, 0.4) is 0 Å². The highest BCUT2D eigenvalue weighted by molar-refractivity contribution is 5.76. The van der Waals surface area contributed by atoms with Crippen molar-refractivity contribution in [3.05, 3.63) is 0 Å². The van der Waals surface area contributed by atoms with Crippen molar-refractivity contribution in [3.8, 4) is 0 Å². The molecule has 0 saturated carbocycles. The van der Waals surface area contributed by atoms with Gasteiger partial charge in [-0.2, -0.15) is 0 Å². The quantitative estimate of drug-likeness (QED) is 0.657. The Morgan fingerprint density at radius 3 is 2.33 bits per heavy atom. The Hall–Kier alpha value is -0.570. The highest BCUT2D eigenvalue weighted by Crippen LogP contribution is 2.33. The average Bonchev–Trinajstić information content (AvgIpc) is 2.42. The fourth-order valence-electron chi connectivity index (χ4n) is 2.77. The number of hydrogen-bond acceptors (Lipinski definition) is 2. The lowest BCUT2D eigenvalue weighted by atomic mass is 9.78. The van der Waals surface area contributed by atoms with Crippen LogP contribution in [0, 0.1) is 10.8 Å². The zero-order chi connectivity index (χ0) is 15.9. The van der Waals surface area contributed by atoms with Gasteiger partial charge in [-0.15, -0.1) is 0 Å². The van der Waals surface area contributed by atoms with E-state index in [4.69, 9.17) is 4.74 Å². The summed E-state index contributed by atoms with van der Waals surface area (Å²) in [5.74, 6) is 0.268. The van der Waals surface area contributed by atoms with E-state index in [9.17, 15) is 4.79 Å². The Balaban J connectivity index is 2.10. The number of amides is 1. The second-order valence-corrected chi connectivity index (χ2v) is 8.07. The molecule has 1 aliphatic heterocycles. The summed E-state index contributed by atoms with van der Waals surface area (Å²) in [4.78, 5) is 14.2. The average molecular weight is 297 g/mol. The number of rotatable bonds is 7. The third kappa shape index (κ3) is 7.30. The van der Waals surface area contributed by atoms with Crippen LogP contribution in [0.5, 0.6) is 0 Å². The van der Waals surface area contributed by atoms with Gasteiger partial charge in [-0.05, 0) is 36.5 Å². The van der Waals surface area contributed by atoms with Crippen molar-refractivity contribution in [1.29, 1.82) is 0 Å². The van der Waals surface area contributed by atoms with Crippen molar-refractivity contribution in [2.24, 2.45) is 10.8 Å². The summed E-state index contributed by atoms with van der Waals surface area (Å²) in [6.45, 7) is 14.5. The molecule has 0 bridgehead atoms. The Morgan fingerprint density at radius 2 is 1.81 bits per heavy atom. The molecule has 1 heterocycles. The molecule has 1 aliphatic rings. The van der Waals surface area contributed by atoms with Gasteiger partial charge >= 0.3 is 0 Å². The first kappa shape index (κ1) is 18.5. The first-order valence-corrected chi connectivity index (χ1v) is 8.61. The molecule has 21 heavy (non-hydrogen) atoms. The smallest absolute Gasteiger partial charge is 0.224 e. The van der Waals surface area contributed by atoms with Crippen molar-refractivity contribution < 1.29 is 9.53 Å². The van der Waals surface area contributed by atoms with E-state index in [0.29, 0.717) is 23.9 Å². The van der Waals surface area contributed by atoms with Crippen LogP contribution in [-0.4, -0.2) is 37.1 Å². The Bertz CT molecular complexity index is 312. The first-order chi connectivity index (χ1) is 9.76. The lowest BCUT2D eigenvalue weighted by molar-refractivity contribution is -0.134. The molecule has 0 aliphatic carbocycles. The first-order valence-electron chi connectivity index (χ1n) is 8.61. The van der Waals surface area contributed by atoms with Crippen LogP contribution in [-0.2, 0) is 9.53 Å². The fraction of sp³-hybridized carbons (Fsp3) is 0.944. The predicted octanol–water partition coefficient (Wildman–Crippen LogP) is 4.26.